The topological polar surface area (TPSA) is 84.7 Å². The van der Waals surface area contributed by atoms with Crippen LogP contribution in [0, 0.1) is 6.92 Å². The summed E-state index contributed by atoms with van der Waals surface area (Å²) in [5, 5.41) is 7.25. The van der Waals surface area contributed by atoms with Crippen molar-refractivity contribution in [3.8, 4) is 5.75 Å². The summed E-state index contributed by atoms with van der Waals surface area (Å²) in [4.78, 5) is 23.3. The number of amides is 1. The second-order valence-electron chi connectivity index (χ2n) is 6.46. The Labute approximate surface area is 164 Å². The lowest BCUT2D eigenvalue weighted by atomic mass is 10.0. The molecular formula is C20H26N6O2. The van der Waals surface area contributed by atoms with E-state index in [1.807, 2.05) is 37.3 Å². The zero-order chi connectivity index (χ0) is 20.1. The molecular weight excluding hydrogens is 356 g/mol. The van der Waals surface area contributed by atoms with Crippen LogP contribution in [0.4, 0.5) is 0 Å². The Balaban J connectivity index is 1.80. The summed E-state index contributed by atoms with van der Waals surface area (Å²) in [6.07, 6.45) is 1.65. The van der Waals surface area contributed by atoms with E-state index >= 15 is 0 Å². The fourth-order valence-corrected chi connectivity index (χ4v) is 3.24. The van der Waals surface area contributed by atoms with Crippen LogP contribution in [0.5, 0.6) is 5.75 Å². The molecule has 8 nitrogen and oxygen atoms in total. The molecule has 28 heavy (non-hydrogen) atoms. The molecule has 0 saturated carbocycles. The van der Waals surface area contributed by atoms with E-state index in [4.69, 9.17) is 4.74 Å². The summed E-state index contributed by atoms with van der Waals surface area (Å²) in [5.41, 5.74) is 1.96. The number of nitrogens with zero attached hydrogens (tertiary/aromatic N) is 5. The predicted molar refractivity (Wildman–Crippen MR) is 107 cm³/mol. The second-order valence-corrected chi connectivity index (χ2v) is 6.46. The first-order chi connectivity index (χ1) is 13.6. The molecule has 0 aliphatic heterocycles. The van der Waals surface area contributed by atoms with Gasteiger partial charge in [-0.3, -0.25) is 9.69 Å². The van der Waals surface area contributed by atoms with Gasteiger partial charge in [-0.1, -0.05) is 26.0 Å². The molecule has 1 unspecified atom stereocenters. The number of carbonyl (C=O) groups is 1. The Hall–Kier alpha value is -3.00. The Bertz CT molecular complexity index is 951. The second kappa shape index (κ2) is 8.79. The van der Waals surface area contributed by atoms with Crippen LogP contribution >= 0.6 is 0 Å². The molecule has 3 rings (SSSR count). The molecule has 2 aromatic heterocycles. The minimum absolute atomic E-state index is 0.0194. The van der Waals surface area contributed by atoms with Gasteiger partial charge in [0.2, 0.25) is 5.82 Å². The fourth-order valence-electron chi connectivity index (χ4n) is 3.24. The van der Waals surface area contributed by atoms with Gasteiger partial charge in [-0.2, -0.15) is 4.98 Å². The number of aromatic nitrogens is 4. The maximum absolute atomic E-state index is 12.7. The Morgan fingerprint density at radius 2 is 2.07 bits per heavy atom. The van der Waals surface area contributed by atoms with Gasteiger partial charge in [-0.05, 0) is 43.8 Å². The summed E-state index contributed by atoms with van der Waals surface area (Å²) in [7, 11) is 1.65. The largest absolute Gasteiger partial charge is 0.497 e. The van der Waals surface area contributed by atoms with Crippen molar-refractivity contribution in [1.82, 2.24) is 29.8 Å². The average Bonchev–Trinajstić information content (AvgIpc) is 3.17. The van der Waals surface area contributed by atoms with Crippen LogP contribution in [0.25, 0.3) is 5.78 Å². The maximum atomic E-state index is 12.7. The number of hydrogen-bond donors (Lipinski definition) is 1. The lowest BCUT2D eigenvalue weighted by Crippen LogP contribution is -2.38. The van der Waals surface area contributed by atoms with Gasteiger partial charge in [-0.25, -0.2) is 9.50 Å². The van der Waals surface area contributed by atoms with E-state index < -0.39 is 0 Å². The van der Waals surface area contributed by atoms with E-state index in [-0.39, 0.29) is 17.8 Å². The van der Waals surface area contributed by atoms with E-state index in [0.717, 1.165) is 30.1 Å². The van der Waals surface area contributed by atoms with Gasteiger partial charge in [0.05, 0.1) is 13.2 Å². The highest BCUT2D eigenvalue weighted by atomic mass is 16.5. The summed E-state index contributed by atoms with van der Waals surface area (Å²) in [5.74, 6) is 1.01. The molecule has 2 heterocycles. The van der Waals surface area contributed by atoms with Crippen molar-refractivity contribution in [2.24, 2.45) is 0 Å². The third-order valence-corrected chi connectivity index (χ3v) is 4.82. The van der Waals surface area contributed by atoms with Crippen LogP contribution in [0.3, 0.4) is 0 Å². The van der Waals surface area contributed by atoms with E-state index in [1.54, 1.807) is 17.8 Å². The van der Waals surface area contributed by atoms with Crippen molar-refractivity contribution in [3.05, 3.63) is 53.6 Å². The van der Waals surface area contributed by atoms with Gasteiger partial charge in [0.25, 0.3) is 11.7 Å². The quantitative estimate of drug-likeness (QED) is 0.643. The number of methoxy groups -OCH3 is 1. The molecule has 0 bridgehead atoms. The Morgan fingerprint density at radius 1 is 1.29 bits per heavy atom. The van der Waals surface area contributed by atoms with Gasteiger partial charge in [0.15, 0.2) is 0 Å². The van der Waals surface area contributed by atoms with Gasteiger partial charge in [0.1, 0.15) is 5.75 Å². The average molecular weight is 382 g/mol. The van der Waals surface area contributed by atoms with Crippen molar-refractivity contribution in [3.63, 3.8) is 0 Å². The van der Waals surface area contributed by atoms with Crippen LogP contribution in [0.1, 0.15) is 41.8 Å². The highest BCUT2D eigenvalue weighted by Crippen LogP contribution is 2.23. The number of benzene rings is 1. The summed E-state index contributed by atoms with van der Waals surface area (Å²) in [6, 6.07) is 9.77. The highest BCUT2D eigenvalue weighted by Gasteiger charge is 2.21. The molecule has 0 saturated heterocycles. The van der Waals surface area contributed by atoms with Crippen molar-refractivity contribution in [2.45, 2.75) is 26.8 Å². The molecule has 0 spiro atoms. The van der Waals surface area contributed by atoms with Crippen LogP contribution in [0.2, 0.25) is 0 Å². The number of aryl methyl sites for hydroxylation is 1. The molecule has 1 N–H and O–H groups in total. The Kier molecular flexibility index (Phi) is 6.20. The first kappa shape index (κ1) is 19.8. The number of hydrogen-bond acceptors (Lipinski definition) is 6. The van der Waals surface area contributed by atoms with Crippen molar-refractivity contribution < 1.29 is 9.53 Å². The number of ether oxygens (including phenoxy) is 1. The molecule has 1 amide bonds. The van der Waals surface area contributed by atoms with Crippen LogP contribution < -0.4 is 10.1 Å². The number of rotatable bonds is 8. The van der Waals surface area contributed by atoms with Crippen molar-refractivity contribution in [2.75, 3.05) is 26.7 Å². The lowest BCUT2D eigenvalue weighted by molar-refractivity contribution is 0.0924. The van der Waals surface area contributed by atoms with Gasteiger partial charge >= 0.3 is 0 Å². The standard InChI is InChI=1S/C20H26N6O2/c1-5-25(6-2)17(15-8-7-9-16(12-15)28-4)13-22-19(27)18-23-20-21-11-10-14(3)26(20)24-18/h7-12,17H,5-6,13H2,1-4H3,(H,22,27). The van der Waals surface area contributed by atoms with Crippen molar-refractivity contribution in [1.29, 1.82) is 0 Å². The molecule has 3 aromatic rings. The first-order valence-corrected chi connectivity index (χ1v) is 9.42. The molecule has 1 aromatic carbocycles. The first-order valence-electron chi connectivity index (χ1n) is 9.42. The molecule has 1 atom stereocenters. The minimum Gasteiger partial charge on any atom is -0.497 e. The van der Waals surface area contributed by atoms with Crippen molar-refractivity contribution >= 4 is 11.7 Å². The monoisotopic (exact) mass is 382 g/mol. The molecule has 0 fully saturated rings. The fraction of sp³-hybridized carbons (Fsp3) is 0.400. The van der Waals surface area contributed by atoms with E-state index in [1.165, 1.54) is 0 Å². The van der Waals surface area contributed by atoms with Crippen LogP contribution in [-0.2, 0) is 0 Å². The van der Waals surface area contributed by atoms with E-state index in [2.05, 4.69) is 39.1 Å². The molecule has 8 heteroatoms. The molecule has 148 valence electrons. The maximum Gasteiger partial charge on any atom is 0.291 e. The zero-order valence-electron chi connectivity index (χ0n) is 16.7. The summed E-state index contributed by atoms with van der Waals surface area (Å²) in [6.45, 7) is 8.28. The minimum atomic E-state index is -0.315. The van der Waals surface area contributed by atoms with Gasteiger partial charge in [-0.15, -0.1) is 5.10 Å². The summed E-state index contributed by atoms with van der Waals surface area (Å²) < 4.78 is 6.92. The third-order valence-electron chi connectivity index (χ3n) is 4.82. The van der Waals surface area contributed by atoms with Crippen LogP contribution in [0.15, 0.2) is 36.5 Å². The summed E-state index contributed by atoms with van der Waals surface area (Å²) >= 11 is 0. The normalized spacial score (nSPS) is 12.3. The molecule has 0 radical (unpaired) electrons. The molecule has 0 aliphatic carbocycles. The molecule has 0 aliphatic rings. The number of likely N-dealkylation sites (N-methyl/N-ethyl adjacent to an activating group) is 1. The van der Waals surface area contributed by atoms with Crippen LogP contribution in [-0.4, -0.2) is 57.1 Å². The highest BCUT2D eigenvalue weighted by molar-refractivity contribution is 5.90. The van der Waals surface area contributed by atoms with E-state index in [9.17, 15) is 4.79 Å². The number of fused-ring (bicyclic) bond motifs is 1. The lowest BCUT2D eigenvalue weighted by Gasteiger charge is -2.30. The van der Waals surface area contributed by atoms with Gasteiger partial charge < -0.3 is 10.1 Å². The van der Waals surface area contributed by atoms with E-state index in [0.29, 0.717) is 12.3 Å². The predicted octanol–water partition coefficient (Wildman–Crippen LogP) is 2.25. The van der Waals surface area contributed by atoms with Gasteiger partial charge in [0, 0.05) is 18.4 Å². The Morgan fingerprint density at radius 3 is 2.75 bits per heavy atom. The zero-order valence-corrected chi connectivity index (χ0v) is 16.7. The third kappa shape index (κ3) is 4.12. The number of nitrogens with one attached hydrogen (secondary N) is 1. The smallest absolute Gasteiger partial charge is 0.291 e. The SMILES string of the molecule is CCN(CC)C(CNC(=O)c1nc2nccc(C)n2n1)c1cccc(OC)c1. The number of carbonyl (C=O) groups excluding carboxylic acids is 1.